The molecule has 2 atom stereocenters. The van der Waals surface area contributed by atoms with E-state index < -0.39 is 5.82 Å². The smallest absolute Gasteiger partial charge is 0.309 e. The maximum Gasteiger partial charge on any atom is 0.309 e. The van der Waals surface area contributed by atoms with E-state index in [1.807, 2.05) is 0 Å². The first-order chi connectivity index (χ1) is 7.63. The number of nitrogens with two attached hydrogens (primary N) is 1. The fourth-order valence-corrected chi connectivity index (χ4v) is 1.69. The quantitative estimate of drug-likeness (QED) is 0.789. The van der Waals surface area contributed by atoms with Crippen molar-refractivity contribution in [2.45, 2.75) is 19.3 Å². The van der Waals surface area contributed by atoms with E-state index in [2.05, 4.69) is 4.98 Å². The normalized spacial score (nSPS) is 22.9. The van der Waals surface area contributed by atoms with E-state index in [-0.39, 0.29) is 23.5 Å². The molecule has 86 valence electrons. The fourth-order valence-electron chi connectivity index (χ4n) is 1.69. The summed E-state index contributed by atoms with van der Waals surface area (Å²) in [7, 11) is 0. The molecule has 0 saturated heterocycles. The number of ether oxygens (including phenoxy) is 1. The number of pyridine rings is 1. The van der Waals surface area contributed by atoms with Gasteiger partial charge in [-0.3, -0.25) is 9.78 Å². The Bertz CT molecular complexity index is 422. The third-order valence-electron chi connectivity index (χ3n) is 2.66. The number of nitrogens with zero attached hydrogens (tertiary/aromatic N) is 1. The minimum Gasteiger partial charge on any atom is -0.466 e. The van der Waals surface area contributed by atoms with Crippen molar-refractivity contribution in [3.8, 4) is 0 Å². The van der Waals surface area contributed by atoms with Crippen LogP contribution < -0.4 is 5.73 Å². The van der Waals surface area contributed by atoms with Gasteiger partial charge in [0.15, 0.2) is 0 Å². The standard InChI is InChI=1S/C11H13FN2O2/c1-2-16-11(15)7-3-6(7)10-4-8(12)9(13)5-14-10/h4-7H,2-3,13H2,1H3. The number of hydrogen-bond donors (Lipinski definition) is 1. The van der Waals surface area contributed by atoms with Gasteiger partial charge < -0.3 is 10.5 Å². The molecule has 2 rings (SSSR count). The lowest BCUT2D eigenvalue weighted by atomic mass is 10.2. The number of aromatic nitrogens is 1. The first kappa shape index (κ1) is 10.9. The van der Waals surface area contributed by atoms with Crippen LogP contribution in [0.25, 0.3) is 0 Å². The van der Waals surface area contributed by atoms with Crippen LogP contribution in [0.3, 0.4) is 0 Å². The average Bonchev–Trinajstić information content (AvgIpc) is 3.02. The van der Waals surface area contributed by atoms with E-state index in [1.54, 1.807) is 6.92 Å². The van der Waals surface area contributed by atoms with Crippen LogP contribution in [-0.4, -0.2) is 17.6 Å². The van der Waals surface area contributed by atoms with Gasteiger partial charge in [0.05, 0.1) is 24.4 Å². The Morgan fingerprint density at radius 2 is 2.50 bits per heavy atom. The SMILES string of the molecule is CCOC(=O)C1CC1c1cc(F)c(N)cn1. The third-order valence-corrected chi connectivity index (χ3v) is 2.66. The molecule has 0 spiro atoms. The van der Waals surface area contributed by atoms with Crippen molar-refractivity contribution in [1.82, 2.24) is 4.98 Å². The topological polar surface area (TPSA) is 65.2 Å². The lowest BCUT2D eigenvalue weighted by molar-refractivity contribution is -0.144. The average molecular weight is 224 g/mol. The van der Waals surface area contributed by atoms with Crippen LogP contribution in [0.15, 0.2) is 12.3 Å². The zero-order chi connectivity index (χ0) is 11.7. The van der Waals surface area contributed by atoms with Crippen LogP contribution in [0.2, 0.25) is 0 Å². The second-order valence-corrected chi connectivity index (χ2v) is 3.83. The summed E-state index contributed by atoms with van der Waals surface area (Å²) < 4.78 is 18.0. The maximum absolute atomic E-state index is 13.2. The monoisotopic (exact) mass is 224 g/mol. The van der Waals surface area contributed by atoms with Crippen molar-refractivity contribution in [2.24, 2.45) is 5.92 Å². The molecule has 2 N–H and O–H groups in total. The molecule has 1 aliphatic rings. The van der Waals surface area contributed by atoms with Crippen LogP contribution in [0.1, 0.15) is 25.0 Å². The van der Waals surface area contributed by atoms with Gasteiger partial charge in [-0.2, -0.15) is 0 Å². The highest BCUT2D eigenvalue weighted by Crippen LogP contribution is 2.47. The molecule has 0 aromatic carbocycles. The van der Waals surface area contributed by atoms with Crippen LogP contribution in [0, 0.1) is 11.7 Å². The molecular formula is C11H13FN2O2. The van der Waals surface area contributed by atoms with Gasteiger partial charge in [-0.05, 0) is 19.4 Å². The maximum atomic E-state index is 13.2. The summed E-state index contributed by atoms with van der Waals surface area (Å²) in [5.74, 6) is -0.907. The molecule has 1 aromatic heterocycles. The minimum absolute atomic E-state index is 0.0193. The highest BCUT2D eigenvalue weighted by atomic mass is 19.1. The Balaban J connectivity index is 2.06. The van der Waals surface area contributed by atoms with Crippen molar-refractivity contribution >= 4 is 11.7 Å². The predicted molar refractivity (Wildman–Crippen MR) is 56.1 cm³/mol. The fraction of sp³-hybridized carbons (Fsp3) is 0.455. The second kappa shape index (κ2) is 4.08. The van der Waals surface area contributed by atoms with Gasteiger partial charge in [0.25, 0.3) is 0 Å². The molecule has 5 heteroatoms. The van der Waals surface area contributed by atoms with Crippen molar-refractivity contribution in [3.05, 3.63) is 23.8 Å². The molecule has 0 radical (unpaired) electrons. The predicted octanol–water partition coefficient (Wildman–Crippen LogP) is 1.47. The molecule has 4 nitrogen and oxygen atoms in total. The number of nitrogen functional groups attached to an aromatic ring is 1. The number of hydrogen-bond acceptors (Lipinski definition) is 4. The Morgan fingerprint density at radius 1 is 1.75 bits per heavy atom. The molecule has 16 heavy (non-hydrogen) atoms. The van der Waals surface area contributed by atoms with Crippen LogP contribution in [0.5, 0.6) is 0 Å². The second-order valence-electron chi connectivity index (χ2n) is 3.83. The Morgan fingerprint density at radius 3 is 3.12 bits per heavy atom. The number of rotatable bonds is 3. The number of halogens is 1. The third kappa shape index (κ3) is 1.98. The molecule has 1 aromatic rings. The zero-order valence-corrected chi connectivity index (χ0v) is 8.94. The number of carbonyl (C=O) groups is 1. The van der Waals surface area contributed by atoms with Gasteiger partial charge >= 0.3 is 5.97 Å². The zero-order valence-electron chi connectivity index (χ0n) is 8.94. The first-order valence-corrected chi connectivity index (χ1v) is 5.21. The molecule has 1 aliphatic carbocycles. The Labute approximate surface area is 92.6 Å². The van der Waals surface area contributed by atoms with Gasteiger partial charge in [0, 0.05) is 11.6 Å². The summed E-state index contributed by atoms with van der Waals surface area (Å²) in [6, 6.07) is 1.29. The van der Waals surface area contributed by atoms with Crippen molar-refractivity contribution in [3.63, 3.8) is 0 Å². The highest BCUT2D eigenvalue weighted by Gasteiger charge is 2.46. The summed E-state index contributed by atoms with van der Waals surface area (Å²) in [6.45, 7) is 2.13. The van der Waals surface area contributed by atoms with Gasteiger partial charge in [0.1, 0.15) is 5.82 Å². The molecule has 0 bridgehead atoms. The molecule has 1 saturated carbocycles. The highest BCUT2D eigenvalue weighted by molar-refractivity contribution is 5.77. The first-order valence-electron chi connectivity index (χ1n) is 5.21. The van der Waals surface area contributed by atoms with Crippen molar-refractivity contribution in [2.75, 3.05) is 12.3 Å². The molecule has 0 aliphatic heterocycles. The van der Waals surface area contributed by atoms with Gasteiger partial charge in [-0.15, -0.1) is 0 Å². The van der Waals surface area contributed by atoms with Gasteiger partial charge in [-0.1, -0.05) is 0 Å². The molecule has 1 fully saturated rings. The molecular weight excluding hydrogens is 211 g/mol. The lowest BCUT2D eigenvalue weighted by Crippen LogP contribution is -2.07. The van der Waals surface area contributed by atoms with Crippen LogP contribution >= 0.6 is 0 Å². The van der Waals surface area contributed by atoms with Gasteiger partial charge in [0.2, 0.25) is 0 Å². The van der Waals surface area contributed by atoms with E-state index in [4.69, 9.17) is 10.5 Å². The number of esters is 1. The van der Waals surface area contributed by atoms with E-state index in [1.165, 1.54) is 12.3 Å². The molecule has 1 heterocycles. The van der Waals surface area contributed by atoms with Crippen molar-refractivity contribution < 1.29 is 13.9 Å². The minimum atomic E-state index is -0.487. The number of carbonyl (C=O) groups excluding carboxylic acids is 1. The summed E-state index contributed by atoms with van der Waals surface area (Å²) in [6.07, 6.45) is 1.96. The van der Waals surface area contributed by atoms with E-state index in [9.17, 15) is 9.18 Å². The Hall–Kier alpha value is -1.65. The summed E-state index contributed by atoms with van der Waals surface area (Å²) in [5, 5.41) is 0. The summed E-state index contributed by atoms with van der Waals surface area (Å²) in [5.41, 5.74) is 5.92. The van der Waals surface area contributed by atoms with Crippen molar-refractivity contribution in [1.29, 1.82) is 0 Å². The molecule has 2 unspecified atom stereocenters. The summed E-state index contributed by atoms with van der Waals surface area (Å²) in [4.78, 5) is 15.4. The lowest BCUT2D eigenvalue weighted by Gasteiger charge is -2.02. The van der Waals surface area contributed by atoms with Crippen LogP contribution in [0.4, 0.5) is 10.1 Å². The van der Waals surface area contributed by atoms with E-state index in [0.717, 1.165) is 0 Å². The van der Waals surface area contributed by atoms with E-state index >= 15 is 0 Å². The summed E-state index contributed by atoms with van der Waals surface area (Å²) >= 11 is 0. The van der Waals surface area contributed by atoms with Crippen LogP contribution in [-0.2, 0) is 9.53 Å². The Kier molecular flexibility index (Phi) is 2.77. The van der Waals surface area contributed by atoms with E-state index in [0.29, 0.717) is 18.7 Å². The number of anilines is 1. The van der Waals surface area contributed by atoms with Gasteiger partial charge in [-0.25, -0.2) is 4.39 Å². The largest absolute Gasteiger partial charge is 0.466 e. The molecule has 0 amide bonds.